The molecule has 0 aromatic heterocycles. The summed E-state index contributed by atoms with van der Waals surface area (Å²) in [5, 5.41) is 16.4. The number of benzene rings is 2. The Morgan fingerprint density at radius 1 is 1.07 bits per heavy atom. The summed E-state index contributed by atoms with van der Waals surface area (Å²) in [6.45, 7) is 12.2. The molecule has 1 heterocycles. The van der Waals surface area contributed by atoms with Gasteiger partial charge in [-0.15, -0.1) is 0 Å². The van der Waals surface area contributed by atoms with Gasteiger partial charge in [-0.25, -0.2) is 0 Å². The number of nitriles is 1. The van der Waals surface area contributed by atoms with E-state index in [4.69, 9.17) is 0 Å². The Morgan fingerprint density at radius 2 is 1.61 bits per heavy atom. The second kappa shape index (κ2) is 8.61. The maximum Gasteiger partial charge on any atom is 0.157 e. The average molecular weight is 392 g/mol. The smallest absolute Gasteiger partial charge is 0.157 e. The Hall–Kier alpha value is -1.93. The third-order valence-corrected chi connectivity index (χ3v) is 12.3. The van der Waals surface area contributed by atoms with E-state index in [2.05, 4.69) is 97.7 Å². The standard InChI is InChI=1S/C24H33N3Si/c1-20(18-25)19-27-17-11-16-26-23(27)28(24(2,3)4,21-12-7-5-8-13-21)22-14-9-6-10-15-22/h5-10,12-15,20,23,26H,11,16-17,19H2,1-4H3. The van der Waals surface area contributed by atoms with Crippen LogP contribution in [0.15, 0.2) is 60.7 Å². The van der Waals surface area contributed by atoms with Gasteiger partial charge in [0.15, 0.2) is 8.07 Å². The predicted octanol–water partition coefficient (Wildman–Crippen LogP) is 3.37. The quantitative estimate of drug-likeness (QED) is 0.794. The highest BCUT2D eigenvalue weighted by Crippen LogP contribution is 2.39. The van der Waals surface area contributed by atoms with E-state index >= 15 is 0 Å². The minimum Gasteiger partial charge on any atom is -0.304 e. The summed E-state index contributed by atoms with van der Waals surface area (Å²) in [6, 6.07) is 24.7. The van der Waals surface area contributed by atoms with E-state index in [9.17, 15) is 5.26 Å². The zero-order chi connectivity index (χ0) is 20.2. The van der Waals surface area contributed by atoms with E-state index in [1.807, 2.05) is 6.92 Å². The topological polar surface area (TPSA) is 39.1 Å². The zero-order valence-corrected chi connectivity index (χ0v) is 18.7. The van der Waals surface area contributed by atoms with Crippen LogP contribution in [-0.2, 0) is 0 Å². The predicted molar refractivity (Wildman–Crippen MR) is 120 cm³/mol. The molecule has 0 bridgehead atoms. The lowest BCUT2D eigenvalue weighted by Gasteiger charge is -2.54. The normalized spacial score (nSPS) is 19.8. The van der Waals surface area contributed by atoms with E-state index in [-0.39, 0.29) is 16.7 Å². The van der Waals surface area contributed by atoms with Gasteiger partial charge in [0.05, 0.1) is 17.8 Å². The van der Waals surface area contributed by atoms with E-state index < -0.39 is 8.07 Å². The lowest BCUT2D eigenvalue weighted by molar-refractivity contribution is 0.165. The third-order valence-electron chi connectivity index (χ3n) is 6.11. The van der Waals surface area contributed by atoms with Crippen LogP contribution in [0.3, 0.4) is 0 Å². The van der Waals surface area contributed by atoms with Crippen LogP contribution >= 0.6 is 0 Å². The molecule has 1 N–H and O–H groups in total. The van der Waals surface area contributed by atoms with Gasteiger partial charge in [0.2, 0.25) is 0 Å². The Morgan fingerprint density at radius 3 is 2.07 bits per heavy atom. The molecule has 148 valence electrons. The Kier molecular flexibility index (Phi) is 6.39. The van der Waals surface area contributed by atoms with Gasteiger partial charge in [0, 0.05) is 13.1 Å². The van der Waals surface area contributed by atoms with E-state index in [1.54, 1.807) is 0 Å². The van der Waals surface area contributed by atoms with Gasteiger partial charge in [-0.1, -0.05) is 91.8 Å². The molecule has 1 aliphatic heterocycles. The maximum absolute atomic E-state index is 9.46. The maximum atomic E-state index is 9.46. The molecule has 0 amide bonds. The van der Waals surface area contributed by atoms with Crippen molar-refractivity contribution >= 4 is 18.4 Å². The molecular formula is C24H33N3Si. The molecule has 0 saturated carbocycles. The Balaban J connectivity index is 2.24. The van der Waals surface area contributed by atoms with Crippen molar-refractivity contribution in [1.29, 1.82) is 5.26 Å². The summed E-state index contributed by atoms with van der Waals surface area (Å²) in [4.78, 5) is 2.56. The first-order chi connectivity index (χ1) is 13.4. The molecule has 4 heteroatoms. The molecule has 0 aliphatic carbocycles. The van der Waals surface area contributed by atoms with E-state index in [1.165, 1.54) is 10.4 Å². The SMILES string of the molecule is CC(C#N)CN1CCCNC1[Si](c1ccccc1)(c1ccccc1)C(C)(C)C. The van der Waals surface area contributed by atoms with Crippen LogP contribution < -0.4 is 15.7 Å². The van der Waals surface area contributed by atoms with Crippen molar-refractivity contribution in [3.8, 4) is 6.07 Å². The minimum atomic E-state index is -2.29. The highest BCUT2D eigenvalue weighted by Gasteiger charge is 2.55. The average Bonchev–Trinajstić information content (AvgIpc) is 2.70. The molecular weight excluding hydrogens is 358 g/mol. The van der Waals surface area contributed by atoms with Crippen LogP contribution in [0.4, 0.5) is 0 Å². The van der Waals surface area contributed by atoms with Gasteiger partial charge in [-0.05, 0) is 24.9 Å². The fourth-order valence-corrected chi connectivity index (χ4v) is 11.1. The molecule has 28 heavy (non-hydrogen) atoms. The number of rotatable bonds is 5. The lowest BCUT2D eigenvalue weighted by Crippen LogP contribution is -2.80. The second-order valence-corrected chi connectivity index (χ2v) is 13.8. The summed E-state index contributed by atoms with van der Waals surface area (Å²) >= 11 is 0. The summed E-state index contributed by atoms with van der Waals surface area (Å²) in [7, 11) is -2.29. The minimum absolute atomic E-state index is 0.0283. The van der Waals surface area contributed by atoms with Crippen LogP contribution in [-0.4, -0.2) is 38.4 Å². The summed E-state index contributed by atoms with van der Waals surface area (Å²) in [5.41, 5.74) is 0. The molecule has 2 aromatic carbocycles. The lowest BCUT2D eigenvalue weighted by atomic mass is 10.2. The summed E-state index contributed by atoms with van der Waals surface area (Å²) in [6.07, 6.45) is 1.13. The van der Waals surface area contributed by atoms with E-state index in [0.717, 1.165) is 26.1 Å². The van der Waals surface area contributed by atoms with Crippen molar-refractivity contribution < 1.29 is 0 Å². The van der Waals surface area contributed by atoms with Gasteiger partial charge in [-0.3, -0.25) is 4.90 Å². The van der Waals surface area contributed by atoms with Gasteiger partial charge in [0.25, 0.3) is 0 Å². The zero-order valence-electron chi connectivity index (χ0n) is 17.7. The van der Waals surface area contributed by atoms with Crippen LogP contribution in [0, 0.1) is 17.2 Å². The van der Waals surface area contributed by atoms with Gasteiger partial charge < -0.3 is 5.32 Å². The molecule has 2 aromatic rings. The van der Waals surface area contributed by atoms with Crippen molar-refractivity contribution in [2.24, 2.45) is 5.92 Å². The Labute approximate surface area is 171 Å². The monoisotopic (exact) mass is 391 g/mol. The molecule has 0 radical (unpaired) electrons. The second-order valence-electron chi connectivity index (χ2n) is 9.03. The largest absolute Gasteiger partial charge is 0.304 e. The fourth-order valence-electron chi connectivity index (χ4n) is 4.96. The molecule has 0 spiro atoms. The van der Waals surface area contributed by atoms with Crippen molar-refractivity contribution in [3.63, 3.8) is 0 Å². The fraction of sp³-hybridized carbons (Fsp3) is 0.458. The Bertz CT molecular complexity index is 753. The first kappa shape index (κ1) is 20.8. The number of hydrogen-bond acceptors (Lipinski definition) is 3. The highest BCUT2D eigenvalue weighted by molar-refractivity contribution is 7.05. The molecule has 2 atom stereocenters. The number of hydrogen-bond donors (Lipinski definition) is 1. The summed E-state index contributed by atoms with van der Waals surface area (Å²) in [5.74, 6) is 0.294. The van der Waals surface area contributed by atoms with Gasteiger partial charge >= 0.3 is 0 Å². The number of nitrogens with one attached hydrogen (secondary N) is 1. The molecule has 2 unspecified atom stereocenters. The summed E-state index contributed by atoms with van der Waals surface area (Å²) < 4.78 is 0. The molecule has 1 fully saturated rings. The molecule has 1 saturated heterocycles. The third kappa shape index (κ3) is 3.80. The van der Waals surface area contributed by atoms with Gasteiger partial charge in [0.1, 0.15) is 0 Å². The van der Waals surface area contributed by atoms with Gasteiger partial charge in [-0.2, -0.15) is 5.26 Å². The molecule has 3 rings (SSSR count). The van der Waals surface area contributed by atoms with Crippen LogP contribution in [0.25, 0.3) is 0 Å². The molecule has 3 nitrogen and oxygen atoms in total. The highest BCUT2D eigenvalue weighted by atomic mass is 28.3. The number of nitrogens with zero attached hydrogens (tertiary/aromatic N) is 2. The van der Waals surface area contributed by atoms with Crippen molar-refractivity contribution in [2.75, 3.05) is 19.6 Å². The van der Waals surface area contributed by atoms with Crippen LogP contribution in [0.1, 0.15) is 34.1 Å². The molecule has 1 aliphatic rings. The van der Waals surface area contributed by atoms with Crippen molar-refractivity contribution in [2.45, 2.75) is 44.9 Å². The van der Waals surface area contributed by atoms with Crippen LogP contribution in [0.5, 0.6) is 0 Å². The van der Waals surface area contributed by atoms with Crippen LogP contribution in [0.2, 0.25) is 5.04 Å². The van der Waals surface area contributed by atoms with Crippen molar-refractivity contribution in [3.05, 3.63) is 60.7 Å². The first-order valence-corrected chi connectivity index (χ1v) is 12.5. The first-order valence-electron chi connectivity index (χ1n) is 10.4. The van der Waals surface area contributed by atoms with Crippen molar-refractivity contribution in [1.82, 2.24) is 10.2 Å². The van der Waals surface area contributed by atoms with E-state index in [0.29, 0.717) is 0 Å².